The molecule has 2 nitrogen and oxygen atoms in total. The van der Waals surface area contributed by atoms with Crippen LogP contribution in [0.15, 0.2) is 103 Å². The first-order valence-corrected chi connectivity index (χ1v) is 14.7. The van der Waals surface area contributed by atoms with E-state index in [2.05, 4.69) is 11.7 Å². The molecule has 0 unspecified atom stereocenters. The molecule has 0 saturated carbocycles. The van der Waals surface area contributed by atoms with Crippen LogP contribution in [0.1, 0.15) is 37.3 Å². The van der Waals surface area contributed by atoms with Crippen molar-refractivity contribution in [3.63, 3.8) is 0 Å². The van der Waals surface area contributed by atoms with Crippen molar-refractivity contribution in [1.82, 2.24) is 0 Å². The van der Waals surface area contributed by atoms with Crippen molar-refractivity contribution >= 4 is 0 Å². The molecule has 0 aromatic heterocycles. The first-order valence-electron chi connectivity index (χ1n) is 14.7. The van der Waals surface area contributed by atoms with Crippen LogP contribution in [0.2, 0.25) is 0 Å². The largest absolute Gasteiger partial charge is 0.573 e. The molecule has 0 atom stereocenters. The van der Waals surface area contributed by atoms with E-state index in [0.717, 1.165) is 73.7 Å². The SMILES string of the molecule is CCCCCc1ccc(-c2ccc(-c3ccc(C(F)(F)Oc4ccc(-c5ccc(OC(F)(F)F)c(F)c5)cc4)c(F)c3)c(F)c2)cc1. The maximum absolute atomic E-state index is 15.2. The Bertz CT molecular complexity index is 1830. The topological polar surface area (TPSA) is 18.5 Å². The average molecular weight is 657 g/mol. The molecular weight excluding hydrogens is 628 g/mol. The van der Waals surface area contributed by atoms with Gasteiger partial charge in [0.15, 0.2) is 11.6 Å². The maximum Gasteiger partial charge on any atom is 0.573 e. The summed E-state index contributed by atoms with van der Waals surface area (Å²) < 4.78 is 120. The van der Waals surface area contributed by atoms with Gasteiger partial charge in [-0.25, -0.2) is 13.2 Å². The van der Waals surface area contributed by atoms with Gasteiger partial charge in [0.2, 0.25) is 0 Å². The molecule has 0 aliphatic carbocycles. The highest BCUT2D eigenvalue weighted by atomic mass is 19.4. The van der Waals surface area contributed by atoms with E-state index in [9.17, 15) is 17.6 Å². The van der Waals surface area contributed by atoms with E-state index < -0.39 is 41.2 Å². The summed E-state index contributed by atoms with van der Waals surface area (Å²) in [6.45, 7) is 2.14. The molecule has 5 aromatic rings. The Labute approximate surface area is 266 Å². The summed E-state index contributed by atoms with van der Waals surface area (Å²) in [5.41, 5.74) is 2.05. The third kappa shape index (κ3) is 8.30. The van der Waals surface area contributed by atoms with Crippen molar-refractivity contribution in [3.05, 3.63) is 132 Å². The minimum Gasteiger partial charge on any atom is -0.429 e. The van der Waals surface area contributed by atoms with Gasteiger partial charge < -0.3 is 9.47 Å². The molecule has 5 rings (SSSR count). The predicted octanol–water partition coefficient (Wildman–Crippen LogP) is 11.9. The van der Waals surface area contributed by atoms with Gasteiger partial charge in [-0.2, -0.15) is 8.78 Å². The minimum atomic E-state index is -5.07. The molecule has 10 heteroatoms. The summed E-state index contributed by atoms with van der Waals surface area (Å²) in [6.07, 6.45) is -4.87. The Morgan fingerprint density at radius 2 is 1.09 bits per heavy atom. The van der Waals surface area contributed by atoms with Crippen molar-refractivity contribution in [1.29, 1.82) is 0 Å². The van der Waals surface area contributed by atoms with Crippen LogP contribution >= 0.6 is 0 Å². The fourth-order valence-corrected chi connectivity index (χ4v) is 5.10. The quantitative estimate of drug-likeness (QED) is 0.104. The monoisotopic (exact) mass is 656 g/mol. The lowest BCUT2D eigenvalue weighted by Gasteiger charge is -2.19. The van der Waals surface area contributed by atoms with E-state index >= 15 is 17.6 Å². The Morgan fingerprint density at radius 1 is 0.532 bits per heavy atom. The molecule has 0 bridgehead atoms. The summed E-state index contributed by atoms with van der Waals surface area (Å²) in [5.74, 6) is -4.62. The summed E-state index contributed by atoms with van der Waals surface area (Å²) >= 11 is 0. The second kappa shape index (κ2) is 13.9. The number of aryl methyl sites for hydroxylation is 1. The van der Waals surface area contributed by atoms with Crippen molar-refractivity contribution in [2.75, 3.05) is 0 Å². The maximum atomic E-state index is 15.2. The van der Waals surface area contributed by atoms with Crippen LogP contribution in [0.25, 0.3) is 33.4 Å². The van der Waals surface area contributed by atoms with Gasteiger partial charge in [-0.15, -0.1) is 13.2 Å². The summed E-state index contributed by atoms with van der Waals surface area (Å²) in [6, 6.07) is 22.6. The summed E-state index contributed by atoms with van der Waals surface area (Å²) in [4.78, 5) is 0. The van der Waals surface area contributed by atoms with Gasteiger partial charge in [-0.1, -0.05) is 80.4 Å². The molecule has 244 valence electrons. The first-order chi connectivity index (χ1) is 22.3. The Balaban J connectivity index is 1.28. The zero-order valence-corrected chi connectivity index (χ0v) is 25.0. The first kappa shape index (κ1) is 33.5. The van der Waals surface area contributed by atoms with Crippen molar-refractivity contribution < 1.29 is 44.6 Å². The molecule has 0 spiro atoms. The number of alkyl halides is 5. The molecule has 0 N–H and O–H groups in total. The predicted molar refractivity (Wildman–Crippen MR) is 163 cm³/mol. The second-order valence-corrected chi connectivity index (χ2v) is 10.9. The van der Waals surface area contributed by atoms with Crippen LogP contribution in [0, 0.1) is 17.5 Å². The summed E-state index contributed by atoms with van der Waals surface area (Å²) in [7, 11) is 0. The molecule has 0 aliphatic heterocycles. The third-order valence-corrected chi connectivity index (χ3v) is 7.51. The van der Waals surface area contributed by atoms with Crippen molar-refractivity contribution in [3.8, 4) is 44.9 Å². The molecule has 0 amide bonds. The highest BCUT2D eigenvalue weighted by molar-refractivity contribution is 5.71. The standard InChI is InChI=1S/C37H28F8O2/c1-2-3-4-5-23-6-8-24(9-7-23)26-12-17-30(32(38)20-26)28-13-18-31(33(39)22-28)36(41,42)46-29-15-10-25(11-16-29)27-14-19-35(34(40)21-27)47-37(43,44)45/h6-22H,2-5H2,1H3. The van der Waals surface area contributed by atoms with E-state index in [0.29, 0.717) is 5.56 Å². The van der Waals surface area contributed by atoms with Gasteiger partial charge in [-0.05, 0) is 88.7 Å². The van der Waals surface area contributed by atoms with Crippen LogP contribution in [0.4, 0.5) is 35.1 Å². The van der Waals surface area contributed by atoms with Gasteiger partial charge in [0.1, 0.15) is 17.4 Å². The van der Waals surface area contributed by atoms with E-state index in [-0.39, 0.29) is 28.0 Å². The minimum absolute atomic E-state index is 0.0321. The lowest BCUT2D eigenvalue weighted by atomic mass is 9.97. The van der Waals surface area contributed by atoms with Gasteiger partial charge in [0.05, 0.1) is 5.56 Å². The number of halogens is 8. The van der Waals surface area contributed by atoms with E-state index in [4.69, 9.17) is 4.74 Å². The molecule has 0 aliphatic rings. The van der Waals surface area contributed by atoms with Crippen molar-refractivity contribution in [2.45, 2.75) is 45.1 Å². The zero-order chi connectivity index (χ0) is 33.8. The van der Waals surface area contributed by atoms with Crippen molar-refractivity contribution in [2.24, 2.45) is 0 Å². The molecular formula is C37H28F8O2. The van der Waals surface area contributed by atoms with Gasteiger partial charge in [0.25, 0.3) is 0 Å². The van der Waals surface area contributed by atoms with Crippen LogP contribution in [-0.2, 0) is 12.5 Å². The molecule has 0 heterocycles. The molecule has 0 saturated heterocycles. The highest BCUT2D eigenvalue weighted by Crippen LogP contribution is 2.37. The van der Waals surface area contributed by atoms with Crippen LogP contribution in [-0.4, -0.2) is 6.36 Å². The second-order valence-electron chi connectivity index (χ2n) is 10.9. The number of unbranched alkanes of at least 4 members (excludes halogenated alkanes) is 2. The fourth-order valence-electron chi connectivity index (χ4n) is 5.10. The van der Waals surface area contributed by atoms with Gasteiger partial charge in [-0.3, -0.25) is 0 Å². The highest BCUT2D eigenvalue weighted by Gasteiger charge is 2.38. The molecule has 5 aromatic carbocycles. The number of rotatable bonds is 11. The van der Waals surface area contributed by atoms with Gasteiger partial charge >= 0.3 is 12.5 Å². The Hall–Kier alpha value is -4.86. The molecule has 47 heavy (non-hydrogen) atoms. The third-order valence-electron chi connectivity index (χ3n) is 7.51. The molecule has 0 fully saturated rings. The Morgan fingerprint density at radius 3 is 1.66 bits per heavy atom. The number of hydrogen-bond donors (Lipinski definition) is 0. The normalized spacial score (nSPS) is 11.9. The number of hydrogen-bond acceptors (Lipinski definition) is 2. The summed E-state index contributed by atoms with van der Waals surface area (Å²) in [5, 5.41) is 0. The van der Waals surface area contributed by atoms with Crippen LogP contribution < -0.4 is 9.47 Å². The fraction of sp³-hybridized carbons (Fsp3) is 0.189. The smallest absolute Gasteiger partial charge is 0.429 e. The van der Waals surface area contributed by atoms with E-state index in [1.54, 1.807) is 6.07 Å². The zero-order valence-electron chi connectivity index (χ0n) is 25.0. The lowest BCUT2D eigenvalue weighted by Crippen LogP contribution is -2.23. The van der Waals surface area contributed by atoms with Crippen LogP contribution in [0.5, 0.6) is 11.5 Å². The lowest BCUT2D eigenvalue weighted by molar-refractivity contribution is -0.275. The Kier molecular flexibility index (Phi) is 9.88. The van der Waals surface area contributed by atoms with Crippen LogP contribution in [0.3, 0.4) is 0 Å². The van der Waals surface area contributed by atoms with E-state index in [1.807, 2.05) is 24.3 Å². The molecule has 0 radical (unpaired) electrons. The van der Waals surface area contributed by atoms with Gasteiger partial charge in [0, 0.05) is 5.56 Å². The average Bonchev–Trinajstić information content (AvgIpc) is 3.02. The number of ether oxygens (including phenoxy) is 2. The van der Waals surface area contributed by atoms with E-state index in [1.165, 1.54) is 35.9 Å². The number of benzene rings is 5.